The van der Waals surface area contributed by atoms with Crippen LogP contribution < -0.4 is 10.1 Å². The van der Waals surface area contributed by atoms with Gasteiger partial charge in [0.2, 0.25) is 0 Å². The Morgan fingerprint density at radius 3 is 2.60 bits per heavy atom. The first-order chi connectivity index (χ1) is 9.74. The van der Waals surface area contributed by atoms with Crippen LogP contribution in [0.4, 0.5) is 0 Å². The minimum Gasteiger partial charge on any atom is -0.496 e. The zero-order valence-electron chi connectivity index (χ0n) is 11.9. The third-order valence-corrected chi connectivity index (χ3v) is 3.42. The molecule has 2 rings (SSSR count). The summed E-state index contributed by atoms with van der Waals surface area (Å²) in [6.07, 6.45) is 1.12. The zero-order valence-corrected chi connectivity index (χ0v) is 12.7. The number of methoxy groups -OCH3 is 1. The number of hydrogen-bond acceptors (Lipinski definition) is 2. The van der Waals surface area contributed by atoms with Crippen molar-refractivity contribution in [2.24, 2.45) is 0 Å². The van der Waals surface area contributed by atoms with Gasteiger partial charge < -0.3 is 10.1 Å². The van der Waals surface area contributed by atoms with Crippen molar-refractivity contribution in [1.29, 1.82) is 0 Å². The third-order valence-electron chi connectivity index (χ3n) is 3.18. The monoisotopic (exact) mass is 289 g/mol. The summed E-state index contributed by atoms with van der Waals surface area (Å²) in [5, 5.41) is 4.16. The number of rotatable bonds is 6. The molecule has 0 bridgehead atoms. The van der Waals surface area contributed by atoms with E-state index in [4.69, 9.17) is 16.3 Å². The predicted molar refractivity (Wildman–Crippen MR) is 85.4 cm³/mol. The van der Waals surface area contributed by atoms with Crippen LogP contribution in [0.3, 0.4) is 0 Å². The molecule has 0 aliphatic rings. The van der Waals surface area contributed by atoms with Crippen LogP contribution in [0.15, 0.2) is 42.5 Å². The molecular weight excluding hydrogens is 270 g/mol. The van der Waals surface area contributed by atoms with Gasteiger partial charge in [0.15, 0.2) is 0 Å². The zero-order chi connectivity index (χ0) is 14.4. The Bertz CT molecular complexity index is 569. The molecule has 0 heterocycles. The molecule has 106 valence electrons. The standard InChI is InChI=1S/C17H20ClNO/c1-3-9-19-12-15-10-14(7-8-17(15)20-2)13-5-4-6-16(18)11-13/h4-8,10-11,19H,3,9,12H2,1-2H3. The SMILES string of the molecule is CCCNCc1cc(-c2cccc(Cl)c2)ccc1OC. The van der Waals surface area contributed by atoms with Crippen molar-refractivity contribution >= 4 is 11.6 Å². The largest absolute Gasteiger partial charge is 0.496 e. The number of ether oxygens (including phenoxy) is 1. The molecule has 0 spiro atoms. The predicted octanol–water partition coefficient (Wildman–Crippen LogP) is 4.52. The summed E-state index contributed by atoms with van der Waals surface area (Å²) in [7, 11) is 1.71. The molecule has 3 heteroatoms. The van der Waals surface area contributed by atoms with Gasteiger partial charge in [0.1, 0.15) is 5.75 Å². The second-order valence-corrected chi connectivity index (χ2v) is 5.15. The highest BCUT2D eigenvalue weighted by atomic mass is 35.5. The van der Waals surface area contributed by atoms with Gasteiger partial charge in [-0.15, -0.1) is 0 Å². The second-order valence-electron chi connectivity index (χ2n) is 4.71. The van der Waals surface area contributed by atoms with Crippen molar-refractivity contribution < 1.29 is 4.74 Å². The summed E-state index contributed by atoms with van der Waals surface area (Å²) in [5.41, 5.74) is 3.44. The Balaban J connectivity index is 2.28. The molecule has 0 aromatic heterocycles. The fraction of sp³-hybridized carbons (Fsp3) is 0.294. The fourth-order valence-corrected chi connectivity index (χ4v) is 2.35. The van der Waals surface area contributed by atoms with Crippen LogP contribution in [0.25, 0.3) is 11.1 Å². The van der Waals surface area contributed by atoms with Gasteiger partial charge in [0.25, 0.3) is 0 Å². The van der Waals surface area contributed by atoms with Crippen molar-refractivity contribution in [3.63, 3.8) is 0 Å². The molecule has 2 aromatic carbocycles. The molecule has 0 saturated carbocycles. The number of benzene rings is 2. The molecule has 2 nitrogen and oxygen atoms in total. The van der Waals surface area contributed by atoms with Crippen molar-refractivity contribution in [2.75, 3.05) is 13.7 Å². The number of halogens is 1. The van der Waals surface area contributed by atoms with Gasteiger partial charge in [-0.2, -0.15) is 0 Å². The molecule has 0 atom stereocenters. The van der Waals surface area contributed by atoms with E-state index in [1.165, 1.54) is 5.56 Å². The quantitative estimate of drug-likeness (QED) is 0.790. The van der Waals surface area contributed by atoms with Gasteiger partial charge in [-0.05, 0) is 48.4 Å². The summed E-state index contributed by atoms with van der Waals surface area (Å²) < 4.78 is 5.42. The fourth-order valence-electron chi connectivity index (χ4n) is 2.16. The van der Waals surface area contributed by atoms with E-state index in [2.05, 4.69) is 30.4 Å². The lowest BCUT2D eigenvalue weighted by Crippen LogP contribution is -2.14. The van der Waals surface area contributed by atoms with E-state index in [0.717, 1.165) is 41.4 Å². The van der Waals surface area contributed by atoms with Crippen molar-refractivity contribution in [3.05, 3.63) is 53.1 Å². The highest BCUT2D eigenvalue weighted by Gasteiger charge is 2.06. The van der Waals surface area contributed by atoms with Crippen LogP contribution in [0.2, 0.25) is 5.02 Å². The Hall–Kier alpha value is -1.51. The van der Waals surface area contributed by atoms with Crippen molar-refractivity contribution in [3.8, 4) is 16.9 Å². The Labute approximate surface area is 125 Å². The first kappa shape index (κ1) is 14.9. The maximum Gasteiger partial charge on any atom is 0.123 e. The van der Waals surface area contributed by atoms with Crippen LogP contribution in [-0.4, -0.2) is 13.7 Å². The molecule has 0 aliphatic carbocycles. The highest BCUT2D eigenvalue weighted by Crippen LogP contribution is 2.28. The maximum atomic E-state index is 6.06. The van der Waals surface area contributed by atoms with E-state index in [0.29, 0.717) is 0 Å². The van der Waals surface area contributed by atoms with E-state index in [-0.39, 0.29) is 0 Å². The summed E-state index contributed by atoms with van der Waals surface area (Å²) in [6, 6.07) is 14.1. The number of hydrogen-bond donors (Lipinski definition) is 1. The van der Waals surface area contributed by atoms with E-state index < -0.39 is 0 Å². The van der Waals surface area contributed by atoms with E-state index in [9.17, 15) is 0 Å². The normalized spacial score (nSPS) is 10.6. The Kier molecular flexibility index (Phi) is 5.45. The molecular formula is C17H20ClNO. The third kappa shape index (κ3) is 3.75. The second kappa shape index (κ2) is 7.32. The van der Waals surface area contributed by atoms with Crippen LogP contribution in [0, 0.1) is 0 Å². The molecule has 0 radical (unpaired) electrons. The van der Waals surface area contributed by atoms with Crippen molar-refractivity contribution in [1.82, 2.24) is 5.32 Å². The van der Waals surface area contributed by atoms with Crippen LogP contribution in [-0.2, 0) is 6.54 Å². The first-order valence-electron chi connectivity index (χ1n) is 6.88. The maximum absolute atomic E-state index is 6.06. The summed E-state index contributed by atoms with van der Waals surface area (Å²) >= 11 is 6.06. The van der Waals surface area contributed by atoms with E-state index in [1.807, 2.05) is 24.3 Å². The number of nitrogens with one attached hydrogen (secondary N) is 1. The average molecular weight is 290 g/mol. The van der Waals surface area contributed by atoms with Gasteiger partial charge in [-0.25, -0.2) is 0 Å². The van der Waals surface area contributed by atoms with Gasteiger partial charge in [0, 0.05) is 17.1 Å². The molecule has 0 aliphatic heterocycles. The molecule has 20 heavy (non-hydrogen) atoms. The van der Waals surface area contributed by atoms with Gasteiger partial charge in [-0.3, -0.25) is 0 Å². The van der Waals surface area contributed by atoms with Crippen molar-refractivity contribution in [2.45, 2.75) is 19.9 Å². The topological polar surface area (TPSA) is 21.3 Å². The van der Waals surface area contributed by atoms with E-state index in [1.54, 1.807) is 7.11 Å². The van der Waals surface area contributed by atoms with E-state index >= 15 is 0 Å². The smallest absolute Gasteiger partial charge is 0.123 e. The Morgan fingerprint density at radius 1 is 1.10 bits per heavy atom. The lowest BCUT2D eigenvalue weighted by atomic mass is 10.0. The van der Waals surface area contributed by atoms with Crippen LogP contribution >= 0.6 is 11.6 Å². The van der Waals surface area contributed by atoms with Crippen LogP contribution in [0.5, 0.6) is 5.75 Å². The van der Waals surface area contributed by atoms with Gasteiger partial charge in [-0.1, -0.05) is 36.7 Å². The summed E-state index contributed by atoms with van der Waals surface area (Å²) in [4.78, 5) is 0. The molecule has 0 amide bonds. The molecule has 1 N–H and O–H groups in total. The first-order valence-corrected chi connectivity index (χ1v) is 7.26. The minimum atomic E-state index is 0.754. The van der Waals surface area contributed by atoms with Gasteiger partial charge >= 0.3 is 0 Å². The molecule has 0 fully saturated rings. The highest BCUT2D eigenvalue weighted by molar-refractivity contribution is 6.30. The molecule has 2 aromatic rings. The average Bonchev–Trinajstić information content (AvgIpc) is 2.47. The summed E-state index contributed by atoms with van der Waals surface area (Å²) in [6.45, 7) is 3.97. The molecule has 0 unspecified atom stereocenters. The van der Waals surface area contributed by atoms with Crippen LogP contribution in [0.1, 0.15) is 18.9 Å². The lowest BCUT2D eigenvalue weighted by molar-refractivity contribution is 0.408. The molecule has 0 saturated heterocycles. The Morgan fingerprint density at radius 2 is 1.90 bits per heavy atom. The summed E-state index contributed by atoms with van der Waals surface area (Å²) in [5.74, 6) is 0.916. The lowest BCUT2D eigenvalue weighted by Gasteiger charge is -2.12. The van der Waals surface area contributed by atoms with Gasteiger partial charge in [0.05, 0.1) is 7.11 Å². The minimum absolute atomic E-state index is 0.754.